The normalized spacial score (nSPS) is 14.5. The Kier molecular flexibility index (Phi) is 5.49. The molecular weight excluding hydrogens is 396 g/mol. The van der Waals surface area contributed by atoms with Crippen LogP contribution in [-0.2, 0) is 9.59 Å². The second-order valence-electron chi connectivity index (χ2n) is 6.54. The number of piperazine rings is 1. The van der Waals surface area contributed by atoms with Gasteiger partial charge in [0.2, 0.25) is 16.9 Å². The van der Waals surface area contributed by atoms with Crippen LogP contribution in [0.5, 0.6) is 0 Å². The SMILES string of the molecule is Cc1nnc(NC(=O)CCC(=O)N2CCN(c3nsc4ccccc34)CC2)s1. The highest BCUT2D eigenvalue weighted by Gasteiger charge is 2.24. The largest absolute Gasteiger partial charge is 0.352 e. The molecule has 0 unspecified atom stereocenters. The highest BCUT2D eigenvalue weighted by molar-refractivity contribution is 7.15. The quantitative estimate of drug-likeness (QED) is 0.687. The summed E-state index contributed by atoms with van der Waals surface area (Å²) in [4.78, 5) is 28.5. The number of rotatable bonds is 5. The minimum atomic E-state index is -0.211. The first kappa shape index (κ1) is 18.8. The molecule has 0 atom stereocenters. The molecule has 146 valence electrons. The summed E-state index contributed by atoms with van der Waals surface area (Å²) in [7, 11) is 0. The Balaban J connectivity index is 1.26. The third-order valence-corrected chi connectivity index (χ3v) is 6.20. The Morgan fingerprint density at radius 1 is 1.11 bits per heavy atom. The number of hydrogen-bond donors (Lipinski definition) is 1. The van der Waals surface area contributed by atoms with Gasteiger partial charge in [-0.05, 0) is 30.6 Å². The van der Waals surface area contributed by atoms with Crippen LogP contribution in [0.3, 0.4) is 0 Å². The molecule has 1 aromatic carbocycles. The Morgan fingerprint density at radius 2 is 1.89 bits per heavy atom. The smallest absolute Gasteiger partial charge is 0.226 e. The lowest BCUT2D eigenvalue weighted by Gasteiger charge is -2.35. The molecular formula is C18H20N6O2S2. The molecule has 2 aromatic heterocycles. The predicted octanol–water partition coefficient (Wildman–Crippen LogP) is 2.52. The topological polar surface area (TPSA) is 91.3 Å². The Hall–Kier alpha value is -2.59. The summed E-state index contributed by atoms with van der Waals surface area (Å²) in [5.41, 5.74) is 0. The van der Waals surface area contributed by atoms with Crippen LogP contribution in [0.25, 0.3) is 10.1 Å². The average Bonchev–Trinajstić information content (AvgIpc) is 3.32. The number of nitrogens with zero attached hydrogens (tertiary/aromatic N) is 5. The number of benzene rings is 1. The fourth-order valence-electron chi connectivity index (χ4n) is 3.18. The van der Waals surface area contributed by atoms with Gasteiger partial charge in [-0.2, -0.15) is 4.37 Å². The van der Waals surface area contributed by atoms with E-state index < -0.39 is 0 Å². The average molecular weight is 417 g/mol. The second kappa shape index (κ2) is 8.19. The van der Waals surface area contributed by atoms with Crippen LogP contribution in [0.15, 0.2) is 24.3 Å². The molecule has 1 aliphatic rings. The van der Waals surface area contributed by atoms with Crippen molar-refractivity contribution < 1.29 is 9.59 Å². The zero-order valence-corrected chi connectivity index (χ0v) is 17.1. The van der Waals surface area contributed by atoms with Crippen molar-refractivity contribution in [2.75, 3.05) is 36.4 Å². The van der Waals surface area contributed by atoms with E-state index in [0.29, 0.717) is 18.2 Å². The van der Waals surface area contributed by atoms with Gasteiger partial charge in [0, 0.05) is 44.4 Å². The Labute approximate surface area is 170 Å². The van der Waals surface area contributed by atoms with Crippen molar-refractivity contribution in [1.29, 1.82) is 0 Å². The van der Waals surface area contributed by atoms with Crippen molar-refractivity contribution in [2.45, 2.75) is 19.8 Å². The zero-order chi connectivity index (χ0) is 19.5. The van der Waals surface area contributed by atoms with Crippen LogP contribution in [0, 0.1) is 6.92 Å². The van der Waals surface area contributed by atoms with E-state index >= 15 is 0 Å². The minimum Gasteiger partial charge on any atom is -0.352 e. The molecule has 3 heterocycles. The van der Waals surface area contributed by atoms with Crippen molar-refractivity contribution in [2.24, 2.45) is 0 Å². The van der Waals surface area contributed by atoms with Gasteiger partial charge in [0.15, 0.2) is 0 Å². The molecule has 10 heteroatoms. The van der Waals surface area contributed by atoms with Crippen molar-refractivity contribution in [1.82, 2.24) is 19.5 Å². The lowest BCUT2D eigenvalue weighted by molar-refractivity contribution is -0.133. The minimum absolute atomic E-state index is 0.00591. The number of amides is 2. The molecule has 4 rings (SSSR count). The lowest BCUT2D eigenvalue weighted by atomic mass is 10.2. The molecule has 0 bridgehead atoms. The number of aromatic nitrogens is 3. The highest BCUT2D eigenvalue weighted by atomic mass is 32.1. The van der Waals surface area contributed by atoms with Gasteiger partial charge in [0.1, 0.15) is 10.8 Å². The van der Waals surface area contributed by atoms with E-state index in [4.69, 9.17) is 0 Å². The first-order chi connectivity index (χ1) is 13.6. The Morgan fingerprint density at radius 3 is 2.64 bits per heavy atom. The third-order valence-electron chi connectivity index (χ3n) is 4.63. The van der Waals surface area contributed by atoms with Gasteiger partial charge < -0.3 is 15.1 Å². The van der Waals surface area contributed by atoms with Crippen LogP contribution >= 0.6 is 22.9 Å². The number of anilines is 2. The number of carbonyl (C=O) groups excluding carboxylic acids is 2. The fourth-order valence-corrected chi connectivity index (χ4v) is 4.58. The standard InChI is InChI=1S/C18H20N6O2S2/c1-12-20-21-18(27-12)19-15(25)6-7-16(26)23-8-10-24(11-9-23)17-13-4-2-3-5-14(13)28-22-17/h2-5H,6-11H2,1H3,(H,19,21,25). The first-order valence-corrected chi connectivity index (χ1v) is 10.7. The van der Waals surface area contributed by atoms with Gasteiger partial charge >= 0.3 is 0 Å². The zero-order valence-electron chi connectivity index (χ0n) is 15.4. The second-order valence-corrected chi connectivity index (χ2v) is 8.53. The summed E-state index contributed by atoms with van der Waals surface area (Å²) in [5, 5.41) is 12.8. The summed E-state index contributed by atoms with van der Waals surface area (Å²) >= 11 is 2.82. The van der Waals surface area contributed by atoms with Gasteiger partial charge in [-0.3, -0.25) is 9.59 Å². The van der Waals surface area contributed by atoms with E-state index in [1.165, 1.54) is 27.6 Å². The van der Waals surface area contributed by atoms with E-state index in [-0.39, 0.29) is 24.7 Å². The number of fused-ring (bicyclic) bond motifs is 1. The maximum atomic E-state index is 12.5. The maximum absolute atomic E-state index is 12.5. The van der Waals surface area contributed by atoms with E-state index in [1.807, 2.05) is 24.0 Å². The molecule has 2 amide bonds. The van der Waals surface area contributed by atoms with Crippen molar-refractivity contribution in [3.8, 4) is 0 Å². The van der Waals surface area contributed by atoms with Crippen LogP contribution in [0.1, 0.15) is 17.8 Å². The molecule has 1 saturated heterocycles. The third kappa shape index (κ3) is 4.12. The molecule has 0 spiro atoms. The van der Waals surface area contributed by atoms with E-state index in [0.717, 1.165) is 29.3 Å². The highest BCUT2D eigenvalue weighted by Crippen LogP contribution is 2.29. The van der Waals surface area contributed by atoms with Gasteiger partial charge in [0.05, 0.1) is 4.70 Å². The molecule has 1 N–H and O–H groups in total. The van der Waals surface area contributed by atoms with Crippen molar-refractivity contribution in [3.63, 3.8) is 0 Å². The van der Waals surface area contributed by atoms with Crippen molar-refractivity contribution >= 4 is 55.7 Å². The number of nitrogens with one attached hydrogen (secondary N) is 1. The summed E-state index contributed by atoms with van der Waals surface area (Å²) in [6.07, 6.45) is 0.345. The van der Waals surface area contributed by atoms with Crippen molar-refractivity contribution in [3.05, 3.63) is 29.3 Å². The monoisotopic (exact) mass is 416 g/mol. The summed E-state index contributed by atoms with van der Waals surface area (Å²) in [5.74, 6) is 0.794. The van der Waals surface area contributed by atoms with E-state index in [9.17, 15) is 9.59 Å². The predicted molar refractivity (Wildman–Crippen MR) is 111 cm³/mol. The molecule has 0 saturated carbocycles. The Bertz CT molecular complexity index is 993. The summed E-state index contributed by atoms with van der Waals surface area (Å²) in [6, 6.07) is 8.20. The van der Waals surface area contributed by atoms with Gasteiger partial charge in [-0.1, -0.05) is 23.5 Å². The van der Waals surface area contributed by atoms with Crippen LogP contribution in [0.2, 0.25) is 0 Å². The molecule has 0 aliphatic carbocycles. The number of aryl methyl sites for hydroxylation is 1. The van der Waals surface area contributed by atoms with Gasteiger partial charge in [-0.15, -0.1) is 10.2 Å². The van der Waals surface area contributed by atoms with E-state index in [1.54, 1.807) is 0 Å². The number of hydrogen-bond acceptors (Lipinski definition) is 8. The van der Waals surface area contributed by atoms with E-state index in [2.05, 4.69) is 36.9 Å². The first-order valence-electron chi connectivity index (χ1n) is 9.07. The maximum Gasteiger partial charge on any atom is 0.226 e. The molecule has 1 aliphatic heterocycles. The molecule has 1 fully saturated rings. The molecule has 8 nitrogen and oxygen atoms in total. The summed E-state index contributed by atoms with van der Waals surface area (Å²) < 4.78 is 5.76. The van der Waals surface area contributed by atoms with Crippen LogP contribution in [-0.4, -0.2) is 57.5 Å². The van der Waals surface area contributed by atoms with Crippen LogP contribution in [0.4, 0.5) is 10.9 Å². The van der Waals surface area contributed by atoms with Crippen LogP contribution < -0.4 is 10.2 Å². The van der Waals surface area contributed by atoms with Gasteiger partial charge in [-0.25, -0.2) is 0 Å². The van der Waals surface area contributed by atoms with Gasteiger partial charge in [0.25, 0.3) is 0 Å². The molecule has 0 radical (unpaired) electrons. The summed E-state index contributed by atoms with van der Waals surface area (Å²) in [6.45, 7) is 4.60. The molecule has 3 aromatic rings. The molecule has 28 heavy (non-hydrogen) atoms. The number of carbonyl (C=O) groups is 2. The fraction of sp³-hybridized carbons (Fsp3) is 0.389. The lowest BCUT2D eigenvalue weighted by Crippen LogP contribution is -2.49.